The van der Waals surface area contributed by atoms with Gasteiger partial charge in [0.25, 0.3) is 0 Å². The normalized spacial score (nSPS) is 14.7. The Hall–Kier alpha value is -5.97. The minimum absolute atomic E-state index is 0.222. The smallest absolute Gasteiger partial charge is 0.327 e. The summed E-state index contributed by atoms with van der Waals surface area (Å²) in [5.41, 5.74) is 4.96. The lowest BCUT2D eigenvalue weighted by molar-refractivity contribution is 0.248. The fraction of sp³-hybridized carbons (Fsp3) is 0.308. The number of aromatic nitrogens is 2. The summed E-state index contributed by atoms with van der Waals surface area (Å²) in [6.07, 6.45) is 5.70. The van der Waals surface area contributed by atoms with E-state index in [1.54, 1.807) is 88.1 Å². The van der Waals surface area contributed by atoms with Crippen LogP contribution in [0.2, 0.25) is 10.0 Å². The van der Waals surface area contributed by atoms with Gasteiger partial charge in [0.2, 0.25) is 26.1 Å². The van der Waals surface area contributed by atoms with Gasteiger partial charge in [-0.1, -0.05) is 97.7 Å². The predicted molar refractivity (Wildman–Crippen MR) is 279 cm³/mol. The highest BCUT2D eigenvalue weighted by molar-refractivity contribution is 7.89. The molecule has 368 valence electrons. The van der Waals surface area contributed by atoms with Gasteiger partial charge in [-0.15, -0.1) is 0 Å². The second-order valence-corrected chi connectivity index (χ2v) is 21.4. The second-order valence-electron chi connectivity index (χ2n) is 16.7. The first kappa shape index (κ1) is 53.4. The van der Waals surface area contributed by atoms with E-state index in [1.807, 2.05) is 75.4 Å². The van der Waals surface area contributed by atoms with Crippen LogP contribution >= 0.6 is 23.2 Å². The number of amides is 2. The summed E-state index contributed by atoms with van der Waals surface area (Å²) in [6.45, 7) is 9.60. The Morgan fingerprint density at radius 2 is 1.16 bits per heavy atom. The summed E-state index contributed by atoms with van der Waals surface area (Å²) in [5.74, 6) is 1.38. The maximum atomic E-state index is 13.4. The number of sulfonamides is 2. The van der Waals surface area contributed by atoms with Crippen LogP contribution in [0.5, 0.6) is 0 Å². The molecule has 18 heteroatoms. The highest BCUT2D eigenvalue weighted by Crippen LogP contribution is 2.29. The lowest BCUT2D eigenvalue weighted by Gasteiger charge is -2.37. The number of carbonyl (C=O) groups is 1. The van der Waals surface area contributed by atoms with Crippen LogP contribution in [-0.4, -0.2) is 85.8 Å². The summed E-state index contributed by atoms with van der Waals surface area (Å²) >= 11 is 11.9. The van der Waals surface area contributed by atoms with E-state index >= 15 is 0 Å². The van der Waals surface area contributed by atoms with E-state index in [2.05, 4.69) is 32.5 Å². The number of carbonyl (C=O) groups excluding carboxylic acids is 2. The number of rotatable bonds is 12. The molecule has 0 aliphatic carbocycles. The number of hydrogen-bond acceptors (Lipinski definition) is 10. The number of pyridine rings is 2. The van der Waals surface area contributed by atoms with Crippen molar-refractivity contribution in [3.05, 3.63) is 166 Å². The second kappa shape index (κ2) is 25.2. The van der Waals surface area contributed by atoms with E-state index in [0.29, 0.717) is 76.0 Å². The zero-order valence-corrected chi connectivity index (χ0v) is 42.8. The van der Waals surface area contributed by atoms with Gasteiger partial charge in [-0.3, -0.25) is 4.90 Å². The molecule has 2 N–H and O–H groups in total. The highest BCUT2D eigenvalue weighted by Gasteiger charge is 2.35. The van der Waals surface area contributed by atoms with Gasteiger partial charge in [-0.25, -0.2) is 36.4 Å². The third-order valence-corrected chi connectivity index (χ3v) is 16.4. The van der Waals surface area contributed by atoms with Crippen molar-refractivity contribution in [3.63, 3.8) is 0 Å². The van der Waals surface area contributed by atoms with Crippen LogP contribution in [0.1, 0.15) is 62.0 Å². The quantitative estimate of drug-likeness (QED) is 0.0893. The zero-order valence-electron chi connectivity index (χ0n) is 39.6. The molecular weight excluding hydrogens is 968 g/mol. The van der Waals surface area contributed by atoms with Crippen molar-refractivity contribution in [3.8, 4) is 0 Å². The topological polar surface area (TPSA) is 174 Å². The van der Waals surface area contributed by atoms with Crippen LogP contribution in [0.25, 0.3) is 0 Å². The minimum atomic E-state index is -3.60. The molecule has 0 spiro atoms. The molecule has 2 aromatic heterocycles. The fourth-order valence-corrected chi connectivity index (χ4v) is 11.3. The van der Waals surface area contributed by atoms with Gasteiger partial charge >= 0.3 is 6.03 Å². The van der Waals surface area contributed by atoms with Crippen LogP contribution in [0.15, 0.2) is 148 Å². The summed E-state index contributed by atoms with van der Waals surface area (Å²) in [6, 6.07) is 39.2. The maximum Gasteiger partial charge on any atom is 0.327 e. The Morgan fingerprint density at radius 3 is 1.66 bits per heavy atom. The molecule has 0 atom stereocenters. The molecule has 4 heterocycles. The molecular formula is C52H58Cl2N8O6S2. The molecule has 70 heavy (non-hydrogen) atoms. The molecule has 0 unspecified atom stereocenters. The van der Waals surface area contributed by atoms with Crippen LogP contribution < -0.4 is 15.5 Å². The number of hydrogen-bond donors (Lipinski definition) is 2. The molecule has 2 fully saturated rings. The fourth-order valence-electron chi connectivity index (χ4n) is 7.96. The summed E-state index contributed by atoms with van der Waals surface area (Å²) < 4.78 is 55.1. The number of para-hydroxylation sites is 2. The molecule has 4 aromatic carbocycles. The molecule has 6 aromatic rings. The number of isocyanates is 1. The monoisotopic (exact) mass is 1020 g/mol. The van der Waals surface area contributed by atoms with E-state index in [0.717, 1.165) is 54.0 Å². The van der Waals surface area contributed by atoms with Gasteiger partial charge in [0, 0.05) is 49.7 Å². The van der Waals surface area contributed by atoms with E-state index in [1.165, 1.54) is 10.4 Å². The van der Waals surface area contributed by atoms with Gasteiger partial charge < -0.3 is 10.6 Å². The molecule has 2 amide bonds. The molecule has 0 saturated carbocycles. The van der Waals surface area contributed by atoms with Crippen LogP contribution in [0.4, 0.5) is 27.8 Å². The number of aryl methyl sites for hydroxylation is 4. The number of piperidine rings is 2. The SMILES string of the molecule is CCc1ccc(S(=O)(=O)N2CCC(N(C(=O)Nc3ccccc3Cl)c3cccc(C)n3)CC2)cc1.CCc1ccc(S(=O)(=O)N2CCC(Nc3cccc(C)n3)CC2)cc1.O=C=Nc1ccccc1Cl. The van der Waals surface area contributed by atoms with Crippen molar-refractivity contribution in [1.82, 2.24) is 18.6 Å². The molecule has 0 bridgehead atoms. The third kappa shape index (κ3) is 14.3. The first-order valence-corrected chi connectivity index (χ1v) is 26.8. The van der Waals surface area contributed by atoms with Crippen molar-refractivity contribution in [1.29, 1.82) is 0 Å². The Morgan fingerprint density at radius 1 is 0.657 bits per heavy atom. The highest BCUT2D eigenvalue weighted by atomic mass is 35.5. The summed E-state index contributed by atoms with van der Waals surface area (Å²) in [5, 5.41) is 7.20. The zero-order chi connectivity index (χ0) is 50.3. The summed E-state index contributed by atoms with van der Waals surface area (Å²) in [7, 11) is -7.00. The number of halogens is 2. The van der Waals surface area contributed by atoms with E-state index in [9.17, 15) is 26.4 Å². The van der Waals surface area contributed by atoms with E-state index < -0.39 is 20.0 Å². The van der Waals surface area contributed by atoms with Gasteiger partial charge in [-0.05, 0) is 136 Å². The molecule has 0 radical (unpaired) electrons. The Bertz CT molecular complexity index is 2960. The molecule has 2 aliphatic rings. The Kier molecular flexibility index (Phi) is 19.2. The molecule has 2 saturated heterocycles. The molecule has 14 nitrogen and oxygen atoms in total. The van der Waals surface area contributed by atoms with E-state index in [4.69, 9.17) is 23.2 Å². The van der Waals surface area contributed by atoms with Gasteiger partial charge in [0.15, 0.2) is 0 Å². The lowest BCUT2D eigenvalue weighted by Crippen LogP contribution is -2.50. The first-order chi connectivity index (χ1) is 33.6. The predicted octanol–water partition coefficient (Wildman–Crippen LogP) is 11.0. The van der Waals surface area contributed by atoms with Crippen molar-refractivity contribution < 1.29 is 26.4 Å². The molecule has 2 aliphatic heterocycles. The van der Waals surface area contributed by atoms with Crippen molar-refractivity contribution >= 4 is 78.4 Å². The van der Waals surface area contributed by atoms with E-state index in [-0.39, 0.29) is 18.1 Å². The Balaban J connectivity index is 0.000000198. The number of aliphatic imine (C=N–C) groups is 1. The number of benzene rings is 4. The maximum absolute atomic E-state index is 13.4. The number of nitrogens with zero attached hydrogens (tertiary/aromatic N) is 6. The van der Waals surface area contributed by atoms with Crippen molar-refractivity contribution in [2.75, 3.05) is 41.7 Å². The van der Waals surface area contributed by atoms with Crippen molar-refractivity contribution in [2.24, 2.45) is 4.99 Å². The van der Waals surface area contributed by atoms with Gasteiger partial charge in [-0.2, -0.15) is 13.6 Å². The van der Waals surface area contributed by atoms with Gasteiger partial charge in [0.05, 0.1) is 31.2 Å². The third-order valence-electron chi connectivity index (χ3n) is 11.9. The average Bonchev–Trinajstić information content (AvgIpc) is 3.36. The Labute approximate surface area is 421 Å². The van der Waals surface area contributed by atoms with Gasteiger partial charge in [0.1, 0.15) is 11.6 Å². The van der Waals surface area contributed by atoms with Crippen LogP contribution in [-0.2, 0) is 37.7 Å². The first-order valence-electron chi connectivity index (χ1n) is 23.1. The number of urea groups is 1. The van der Waals surface area contributed by atoms with Crippen molar-refractivity contribution in [2.45, 2.75) is 88.1 Å². The average molecular weight is 1030 g/mol. The summed E-state index contributed by atoms with van der Waals surface area (Å²) in [4.78, 5) is 37.9. The number of anilines is 3. The van der Waals surface area contributed by atoms with Crippen LogP contribution in [0, 0.1) is 13.8 Å². The number of nitrogens with one attached hydrogen (secondary N) is 2. The lowest BCUT2D eigenvalue weighted by atomic mass is 10.0. The molecule has 8 rings (SSSR count). The standard InChI is InChI=1S/C26H29ClN4O3S.C19H25N3O2S.C7H4ClNO/c1-3-20-11-13-22(14-12-20)35(33,34)30-17-15-21(16-18-30)31(25-10-6-7-19(2)28-25)26(32)29-24-9-5-4-8-23(24)27;1-3-16-7-9-18(10-8-16)25(23,24)22-13-11-17(12-14-22)21-19-6-4-5-15(2)20-19;8-6-3-1-2-4-7(6)9-5-10/h4-14,21H,3,15-18H2,1-2H3,(H,29,32);4-10,17H,3,11-14H2,1-2H3,(H,20,21);1-4H. The van der Waals surface area contributed by atoms with Crippen LogP contribution in [0.3, 0.4) is 0 Å². The minimum Gasteiger partial charge on any atom is -0.367 e. The largest absolute Gasteiger partial charge is 0.367 e.